The molecule has 0 spiro atoms. The summed E-state index contributed by atoms with van der Waals surface area (Å²) in [5.41, 5.74) is 3.05. The van der Waals surface area contributed by atoms with Gasteiger partial charge in [0.15, 0.2) is 5.82 Å². The molecule has 0 aliphatic carbocycles. The van der Waals surface area contributed by atoms with E-state index in [4.69, 9.17) is 4.98 Å². The second-order valence-electron chi connectivity index (χ2n) is 7.81. The number of aryl methyl sites for hydroxylation is 1. The molecule has 0 radical (unpaired) electrons. The molecule has 0 aromatic carbocycles. The number of likely N-dealkylation sites (tertiary alicyclic amines) is 1. The molecule has 2 amide bonds. The van der Waals surface area contributed by atoms with Crippen molar-refractivity contribution in [3.63, 3.8) is 0 Å². The minimum Gasteiger partial charge on any atom is -0.338 e. The summed E-state index contributed by atoms with van der Waals surface area (Å²) in [6.07, 6.45) is 8.39. The molecule has 1 fully saturated rings. The van der Waals surface area contributed by atoms with Gasteiger partial charge in [0.25, 0.3) is 0 Å². The first kappa shape index (κ1) is 19.5. The van der Waals surface area contributed by atoms with Crippen molar-refractivity contribution >= 4 is 11.8 Å². The Balaban J connectivity index is 1.39. The summed E-state index contributed by atoms with van der Waals surface area (Å²) >= 11 is 0. The lowest BCUT2D eigenvalue weighted by Crippen LogP contribution is -2.36. The van der Waals surface area contributed by atoms with E-state index >= 15 is 0 Å². The monoisotopic (exact) mass is 393 g/mol. The number of hydrogen-bond donors (Lipinski definition) is 0. The van der Waals surface area contributed by atoms with Gasteiger partial charge in [0.05, 0.1) is 11.7 Å². The van der Waals surface area contributed by atoms with Gasteiger partial charge in [-0.2, -0.15) is 0 Å². The summed E-state index contributed by atoms with van der Waals surface area (Å²) in [6, 6.07) is 5.84. The van der Waals surface area contributed by atoms with Crippen LogP contribution in [0, 0.1) is 0 Å². The van der Waals surface area contributed by atoms with Crippen LogP contribution in [0.2, 0.25) is 0 Å². The number of aromatic nitrogens is 3. The van der Waals surface area contributed by atoms with E-state index < -0.39 is 0 Å². The van der Waals surface area contributed by atoms with Crippen molar-refractivity contribution in [1.82, 2.24) is 24.8 Å². The SMILES string of the molecule is CC(=O)N1CCc2nc([C@@H]3CCCN3C(=O)CCCc3ccccn3)ncc2C1. The highest BCUT2D eigenvalue weighted by molar-refractivity contribution is 5.77. The number of fused-ring (bicyclic) bond motifs is 1. The number of carbonyl (C=O) groups is 2. The van der Waals surface area contributed by atoms with E-state index in [2.05, 4.69) is 9.97 Å². The molecule has 1 atom stereocenters. The summed E-state index contributed by atoms with van der Waals surface area (Å²) in [7, 11) is 0. The molecule has 4 rings (SSSR count). The molecule has 2 aliphatic heterocycles. The molecule has 0 N–H and O–H groups in total. The van der Waals surface area contributed by atoms with Crippen molar-refractivity contribution in [1.29, 1.82) is 0 Å². The van der Waals surface area contributed by atoms with Crippen molar-refractivity contribution in [3.05, 3.63) is 53.4 Å². The Morgan fingerprint density at radius 3 is 2.90 bits per heavy atom. The van der Waals surface area contributed by atoms with Crippen LogP contribution in [0.5, 0.6) is 0 Å². The smallest absolute Gasteiger partial charge is 0.223 e. The number of rotatable bonds is 5. The van der Waals surface area contributed by atoms with E-state index in [0.717, 1.165) is 61.4 Å². The Bertz CT molecular complexity index is 886. The number of carbonyl (C=O) groups excluding carboxylic acids is 2. The largest absolute Gasteiger partial charge is 0.338 e. The van der Waals surface area contributed by atoms with Gasteiger partial charge in [-0.25, -0.2) is 9.97 Å². The molecule has 7 heteroatoms. The summed E-state index contributed by atoms with van der Waals surface area (Å²) in [4.78, 5) is 41.9. The minimum absolute atomic E-state index is 0.0338. The van der Waals surface area contributed by atoms with Crippen LogP contribution in [0.4, 0.5) is 0 Å². The molecule has 1 saturated heterocycles. The van der Waals surface area contributed by atoms with Crippen LogP contribution in [0.1, 0.15) is 61.4 Å². The Morgan fingerprint density at radius 2 is 2.10 bits per heavy atom. The first-order valence-electron chi connectivity index (χ1n) is 10.4. The number of amides is 2. The topological polar surface area (TPSA) is 79.3 Å². The molecular formula is C22H27N5O2. The Labute approximate surface area is 171 Å². The Morgan fingerprint density at radius 1 is 1.21 bits per heavy atom. The zero-order chi connectivity index (χ0) is 20.2. The second kappa shape index (κ2) is 8.68. The molecule has 29 heavy (non-hydrogen) atoms. The summed E-state index contributed by atoms with van der Waals surface area (Å²) in [5, 5.41) is 0. The lowest BCUT2D eigenvalue weighted by atomic mass is 10.1. The van der Waals surface area contributed by atoms with Crippen molar-refractivity contribution < 1.29 is 9.59 Å². The third kappa shape index (κ3) is 4.44. The molecular weight excluding hydrogens is 366 g/mol. The molecule has 152 valence electrons. The van der Waals surface area contributed by atoms with Crippen LogP contribution >= 0.6 is 0 Å². The maximum atomic E-state index is 12.8. The van der Waals surface area contributed by atoms with Crippen LogP contribution < -0.4 is 0 Å². The highest BCUT2D eigenvalue weighted by atomic mass is 16.2. The van der Waals surface area contributed by atoms with Gasteiger partial charge in [-0.1, -0.05) is 6.07 Å². The van der Waals surface area contributed by atoms with E-state index in [1.54, 1.807) is 13.1 Å². The number of nitrogens with zero attached hydrogens (tertiary/aromatic N) is 5. The van der Waals surface area contributed by atoms with E-state index in [0.29, 0.717) is 19.5 Å². The zero-order valence-electron chi connectivity index (χ0n) is 16.9. The van der Waals surface area contributed by atoms with Gasteiger partial charge >= 0.3 is 0 Å². The van der Waals surface area contributed by atoms with Gasteiger partial charge in [0.1, 0.15) is 0 Å². The van der Waals surface area contributed by atoms with Crippen molar-refractivity contribution in [2.45, 2.75) is 58.0 Å². The summed E-state index contributed by atoms with van der Waals surface area (Å²) < 4.78 is 0. The van der Waals surface area contributed by atoms with E-state index in [-0.39, 0.29) is 17.9 Å². The van der Waals surface area contributed by atoms with Gasteiger partial charge in [0.2, 0.25) is 11.8 Å². The second-order valence-corrected chi connectivity index (χ2v) is 7.81. The predicted molar refractivity (Wildman–Crippen MR) is 108 cm³/mol. The molecule has 2 aromatic heterocycles. The van der Waals surface area contributed by atoms with Crippen LogP contribution in [0.15, 0.2) is 30.6 Å². The zero-order valence-corrected chi connectivity index (χ0v) is 16.9. The maximum absolute atomic E-state index is 12.8. The van der Waals surface area contributed by atoms with E-state index in [9.17, 15) is 9.59 Å². The van der Waals surface area contributed by atoms with Crippen LogP contribution in [-0.4, -0.2) is 49.7 Å². The first-order valence-corrected chi connectivity index (χ1v) is 10.4. The fraction of sp³-hybridized carbons (Fsp3) is 0.500. The Kier molecular flexibility index (Phi) is 5.83. The molecule has 7 nitrogen and oxygen atoms in total. The van der Waals surface area contributed by atoms with Gasteiger partial charge in [-0.05, 0) is 37.8 Å². The van der Waals surface area contributed by atoms with Crippen molar-refractivity contribution in [2.24, 2.45) is 0 Å². The van der Waals surface area contributed by atoms with Crippen molar-refractivity contribution in [2.75, 3.05) is 13.1 Å². The molecule has 0 bridgehead atoms. The summed E-state index contributed by atoms with van der Waals surface area (Å²) in [5.74, 6) is 1.00. The number of hydrogen-bond acceptors (Lipinski definition) is 5. The predicted octanol–water partition coefficient (Wildman–Crippen LogP) is 2.46. The molecule has 2 aliphatic rings. The third-order valence-corrected chi connectivity index (χ3v) is 5.82. The fourth-order valence-electron chi connectivity index (χ4n) is 4.20. The minimum atomic E-state index is -0.0338. The lowest BCUT2D eigenvalue weighted by molar-refractivity contribution is -0.132. The average molecular weight is 393 g/mol. The molecule has 0 unspecified atom stereocenters. The highest BCUT2D eigenvalue weighted by Crippen LogP contribution is 2.31. The average Bonchev–Trinajstić information content (AvgIpc) is 3.23. The van der Waals surface area contributed by atoms with Gasteiger partial charge < -0.3 is 9.80 Å². The molecule has 2 aromatic rings. The van der Waals surface area contributed by atoms with Gasteiger partial charge in [0, 0.05) is 63.1 Å². The maximum Gasteiger partial charge on any atom is 0.223 e. The highest BCUT2D eigenvalue weighted by Gasteiger charge is 2.32. The summed E-state index contributed by atoms with van der Waals surface area (Å²) in [6.45, 7) is 3.63. The standard InChI is InChI=1S/C22H27N5O2/c1-16(28)26-13-10-19-17(15-26)14-24-22(25-19)20-8-5-12-27(20)21(29)9-4-7-18-6-2-3-11-23-18/h2-3,6,11,14,20H,4-5,7-10,12-13,15H2,1H3/t20-/m0/s1. The van der Waals surface area contributed by atoms with Gasteiger partial charge in [-0.3, -0.25) is 14.6 Å². The van der Waals surface area contributed by atoms with E-state index in [1.807, 2.05) is 34.2 Å². The van der Waals surface area contributed by atoms with E-state index in [1.165, 1.54) is 0 Å². The molecule has 0 saturated carbocycles. The first-order chi connectivity index (χ1) is 14.1. The molecule has 4 heterocycles. The quantitative estimate of drug-likeness (QED) is 0.780. The van der Waals surface area contributed by atoms with Crippen LogP contribution in [-0.2, 0) is 29.0 Å². The lowest BCUT2D eigenvalue weighted by Gasteiger charge is -2.28. The fourth-order valence-corrected chi connectivity index (χ4v) is 4.20. The third-order valence-electron chi connectivity index (χ3n) is 5.82. The Hall–Kier alpha value is -2.83. The normalized spacial score (nSPS) is 18.6. The van der Waals surface area contributed by atoms with Gasteiger partial charge in [-0.15, -0.1) is 0 Å². The van der Waals surface area contributed by atoms with Crippen molar-refractivity contribution in [3.8, 4) is 0 Å². The van der Waals surface area contributed by atoms with Crippen LogP contribution in [0.3, 0.4) is 0 Å². The number of pyridine rings is 1. The van der Waals surface area contributed by atoms with Crippen LogP contribution in [0.25, 0.3) is 0 Å².